The van der Waals surface area contributed by atoms with Crippen molar-refractivity contribution in [3.05, 3.63) is 0 Å². The van der Waals surface area contributed by atoms with Crippen LogP contribution in [0, 0.1) is 0 Å². The van der Waals surface area contributed by atoms with Gasteiger partial charge in [0, 0.05) is 0 Å². The van der Waals surface area contributed by atoms with Crippen LogP contribution in [-0.4, -0.2) is 51.9 Å². The second-order valence-corrected chi connectivity index (χ2v) is 3.42. The van der Waals surface area contributed by atoms with Crippen molar-refractivity contribution in [1.82, 2.24) is 0 Å². The van der Waals surface area contributed by atoms with Crippen molar-refractivity contribution in [2.75, 3.05) is 12.9 Å². The van der Waals surface area contributed by atoms with Gasteiger partial charge in [0.05, 0.1) is 6.61 Å². The molecule has 4 atom stereocenters. The highest BCUT2D eigenvalue weighted by atomic mass is 32.2. The molecule has 1 rings (SSSR count). The molecule has 1 aliphatic heterocycles. The number of thioether (sulfide) groups is 1. The van der Waals surface area contributed by atoms with Crippen molar-refractivity contribution in [1.29, 1.82) is 0 Å². The first-order chi connectivity index (χ1) is 5.16. The molecule has 0 bridgehead atoms. The zero-order valence-electron chi connectivity index (χ0n) is 6.17. The van der Waals surface area contributed by atoms with Crippen molar-refractivity contribution in [2.45, 2.75) is 23.7 Å². The molecule has 0 aromatic carbocycles. The Balaban J connectivity index is 2.52. The number of hydrogen-bond acceptors (Lipinski definition) is 5. The fourth-order valence-corrected chi connectivity index (χ4v) is 1.64. The van der Waals surface area contributed by atoms with Crippen LogP contribution in [0.5, 0.6) is 0 Å². The molecule has 3 N–H and O–H groups in total. The van der Waals surface area contributed by atoms with Crippen LogP contribution in [0.1, 0.15) is 0 Å². The molecule has 0 aliphatic carbocycles. The average Bonchev–Trinajstić information content (AvgIpc) is 2.01. The van der Waals surface area contributed by atoms with Crippen molar-refractivity contribution < 1.29 is 20.1 Å². The van der Waals surface area contributed by atoms with Gasteiger partial charge in [0.2, 0.25) is 0 Å². The molecule has 1 aliphatic rings. The fourth-order valence-electron chi connectivity index (χ4n) is 0.987. The third-order valence-electron chi connectivity index (χ3n) is 1.69. The summed E-state index contributed by atoms with van der Waals surface area (Å²) < 4.78 is 5.03. The number of aliphatic hydroxyl groups is 3. The summed E-state index contributed by atoms with van der Waals surface area (Å²) in [6.45, 7) is 0.0870. The van der Waals surface area contributed by atoms with E-state index in [-0.39, 0.29) is 6.61 Å². The minimum Gasteiger partial charge on any atom is -0.388 e. The van der Waals surface area contributed by atoms with E-state index in [1.54, 1.807) is 6.26 Å². The summed E-state index contributed by atoms with van der Waals surface area (Å²) in [5.41, 5.74) is -0.423. The minimum absolute atomic E-state index is 0.0870. The van der Waals surface area contributed by atoms with Crippen LogP contribution in [0.15, 0.2) is 0 Å². The van der Waals surface area contributed by atoms with Gasteiger partial charge < -0.3 is 20.1 Å². The molecule has 1 saturated heterocycles. The quantitative estimate of drug-likeness (QED) is 0.472. The predicted molar refractivity (Wildman–Crippen MR) is 41.3 cm³/mol. The maximum atomic E-state index is 9.25. The smallest absolute Gasteiger partial charge is 0.131 e. The van der Waals surface area contributed by atoms with Crippen LogP contribution in [-0.2, 0) is 4.74 Å². The summed E-state index contributed by atoms with van der Waals surface area (Å²) in [5, 5.41) is 27.4. The Morgan fingerprint density at radius 2 is 1.91 bits per heavy atom. The van der Waals surface area contributed by atoms with E-state index in [2.05, 4.69) is 0 Å². The second kappa shape index (κ2) is 3.73. The highest BCUT2D eigenvalue weighted by Gasteiger charge is 2.36. The largest absolute Gasteiger partial charge is 0.388 e. The topological polar surface area (TPSA) is 69.9 Å². The number of hydrogen-bond donors (Lipinski definition) is 3. The Labute approximate surface area is 69.2 Å². The Morgan fingerprint density at radius 3 is 2.45 bits per heavy atom. The van der Waals surface area contributed by atoms with Gasteiger partial charge in [-0.15, -0.1) is 11.8 Å². The van der Waals surface area contributed by atoms with Gasteiger partial charge in [-0.3, -0.25) is 0 Å². The summed E-state index contributed by atoms with van der Waals surface area (Å²) >= 11 is 1.32. The molecule has 1 heterocycles. The zero-order valence-corrected chi connectivity index (χ0v) is 6.99. The average molecular weight is 180 g/mol. The normalized spacial score (nSPS) is 45.8. The van der Waals surface area contributed by atoms with Crippen LogP contribution in [0.25, 0.3) is 0 Å². The van der Waals surface area contributed by atoms with Gasteiger partial charge in [0.1, 0.15) is 23.7 Å². The molecular weight excluding hydrogens is 168 g/mol. The molecule has 4 nitrogen and oxygen atoms in total. The summed E-state index contributed by atoms with van der Waals surface area (Å²) in [7, 11) is 0. The number of rotatable bonds is 1. The van der Waals surface area contributed by atoms with Crippen LogP contribution in [0.2, 0.25) is 0 Å². The Hall–Kier alpha value is 0.190. The van der Waals surface area contributed by atoms with Gasteiger partial charge in [-0.05, 0) is 6.26 Å². The molecule has 0 amide bonds. The minimum atomic E-state index is -1.08. The molecule has 0 radical (unpaired) electrons. The van der Waals surface area contributed by atoms with Gasteiger partial charge >= 0.3 is 0 Å². The van der Waals surface area contributed by atoms with E-state index in [0.29, 0.717) is 0 Å². The first-order valence-corrected chi connectivity index (χ1v) is 4.64. The second-order valence-electron chi connectivity index (χ2n) is 2.49. The fraction of sp³-hybridized carbons (Fsp3) is 1.00. The molecule has 11 heavy (non-hydrogen) atoms. The molecule has 0 unspecified atom stereocenters. The van der Waals surface area contributed by atoms with Crippen molar-refractivity contribution in [2.24, 2.45) is 0 Å². The van der Waals surface area contributed by atoms with Crippen LogP contribution in [0.3, 0.4) is 0 Å². The number of ether oxygens (including phenoxy) is 1. The van der Waals surface area contributed by atoms with Gasteiger partial charge in [-0.1, -0.05) is 0 Å². The molecular formula is C6H12O4S. The Bertz CT molecular complexity index is 130. The third-order valence-corrected chi connectivity index (χ3v) is 2.57. The first-order valence-electron chi connectivity index (χ1n) is 3.35. The van der Waals surface area contributed by atoms with Gasteiger partial charge in [0.15, 0.2) is 0 Å². The standard InChI is InChI=1S/C6H12O4S/c1-11-6-5(9)4(8)3(7)2-10-6/h3-9H,2H2,1H3/t3-,4-,5+,6-/m0/s1. The lowest BCUT2D eigenvalue weighted by Gasteiger charge is -2.34. The summed E-state index contributed by atoms with van der Waals surface area (Å²) in [5.74, 6) is 0. The van der Waals surface area contributed by atoms with E-state index in [1.165, 1.54) is 11.8 Å². The van der Waals surface area contributed by atoms with Gasteiger partial charge in [-0.2, -0.15) is 0 Å². The molecule has 0 saturated carbocycles. The lowest BCUT2D eigenvalue weighted by atomic mass is 10.1. The maximum absolute atomic E-state index is 9.25. The first kappa shape index (κ1) is 9.28. The van der Waals surface area contributed by atoms with Gasteiger partial charge in [-0.25, -0.2) is 0 Å². The third kappa shape index (κ3) is 1.86. The highest BCUT2D eigenvalue weighted by molar-refractivity contribution is 7.99. The monoisotopic (exact) mass is 180 g/mol. The molecule has 0 spiro atoms. The summed E-state index contributed by atoms with van der Waals surface area (Å²) in [4.78, 5) is 0. The SMILES string of the molecule is CS[C@@H]1OC[C@H](O)[C@H](O)[C@H]1O. The summed E-state index contributed by atoms with van der Waals surface area (Å²) in [6, 6.07) is 0. The molecule has 1 fully saturated rings. The van der Waals surface area contributed by atoms with Gasteiger partial charge in [0.25, 0.3) is 0 Å². The maximum Gasteiger partial charge on any atom is 0.131 e. The van der Waals surface area contributed by atoms with Crippen LogP contribution < -0.4 is 0 Å². The van der Waals surface area contributed by atoms with Crippen molar-refractivity contribution >= 4 is 11.8 Å². The Morgan fingerprint density at radius 1 is 1.27 bits per heavy atom. The van der Waals surface area contributed by atoms with E-state index in [9.17, 15) is 5.11 Å². The van der Waals surface area contributed by atoms with E-state index in [0.717, 1.165) is 0 Å². The van der Waals surface area contributed by atoms with E-state index < -0.39 is 23.7 Å². The zero-order chi connectivity index (χ0) is 8.43. The molecule has 5 heteroatoms. The molecule has 66 valence electrons. The van der Waals surface area contributed by atoms with E-state index >= 15 is 0 Å². The van der Waals surface area contributed by atoms with E-state index in [4.69, 9.17) is 14.9 Å². The lowest BCUT2D eigenvalue weighted by molar-refractivity contribution is -0.161. The van der Waals surface area contributed by atoms with E-state index in [1.807, 2.05) is 0 Å². The lowest BCUT2D eigenvalue weighted by Crippen LogP contribution is -2.51. The highest BCUT2D eigenvalue weighted by Crippen LogP contribution is 2.22. The predicted octanol–water partition coefficient (Wildman–Crippen LogP) is -1.21. The number of aliphatic hydroxyl groups excluding tert-OH is 3. The van der Waals surface area contributed by atoms with Crippen LogP contribution in [0.4, 0.5) is 0 Å². The summed E-state index contributed by atoms with van der Waals surface area (Å²) in [6.07, 6.45) is -1.26. The van der Waals surface area contributed by atoms with Crippen molar-refractivity contribution in [3.8, 4) is 0 Å². The molecule has 0 aromatic rings. The Kier molecular flexibility index (Phi) is 3.15. The van der Waals surface area contributed by atoms with Crippen LogP contribution >= 0.6 is 11.8 Å². The van der Waals surface area contributed by atoms with Crippen molar-refractivity contribution in [3.63, 3.8) is 0 Å². The molecule has 0 aromatic heterocycles.